The molecule has 2 rings (SSSR count). The van der Waals surface area contributed by atoms with E-state index >= 15 is 0 Å². The van der Waals surface area contributed by atoms with Crippen LogP contribution in [0.2, 0.25) is 0 Å². The summed E-state index contributed by atoms with van der Waals surface area (Å²) < 4.78 is 4.82. The molecule has 1 aliphatic rings. The van der Waals surface area contributed by atoms with Gasteiger partial charge in [-0.25, -0.2) is 4.79 Å². The summed E-state index contributed by atoms with van der Waals surface area (Å²) in [6.45, 7) is 3.69. The lowest BCUT2D eigenvalue weighted by Crippen LogP contribution is -2.50. The molecule has 20 heavy (non-hydrogen) atoms. The third kappa shape index (κ3) is 2.60. The number of para-hydroxylation sites is 1. The van der Waals surface area contributed by atoms with Gasteiger partial charge in [0.2, 0.25) is 5.91 Å². The number of ether oxygens (including phenoxy) is 1. The number of benzene rings is 1. The highest BCUT2D eigenvalue weighted by atomic mass is 16.7. The minimum absolute atomic E-state index is 0.0410. The first kappa shape index (κ1) is 14.3. The second-order valence-electron chi connectivity index (χ2n) is 5.15. The van der Waals surface area contributed by atoms with Crippen LogP contribution in [0.15, 0.2) is 24.3 Å². The van der Waals surface area contributed by atoms with Crippen LogP contribution < -0.4 is 10.6 Å². The van der Waals surface area contributed by atoms with Crippen LogP contribution in [0.25, 0.3) is 0 Å². The second kappa shape index (κ2) is 5.50. The molecule has 1 aliphatic heterocycles. The molecule has 0 fully saturated rings. The molecule has 6 nitrogen and oxygen atoms in total. The van der Waals surface area contributed by atoms with Gasteiger partial charge in [0.05, 0.1) is 11.7 Å². The number of nitrogens with two attached hydrogens (primary N) is 1. The van der Waals surface area contributed by atoms with Gasteiger partial charge in [0.25, 0.3) is 0 Å². The normalized spacial score (nSPS) is 18.8. The van der Waals surface area contributed by atoms with Crippen molar-refractivity contribution in [1.82, 2.24) is 0 Å². The Labute approximate surface area is 117 Å². The van der Waals surface area contributed by atoms with E-state index in [0.717, 1.165) is 5.56 Å². The van der Waals surface area contributed by atoms with Crippen molar-refractivity contribution in [3.8, 4) is 0 Å². The van der Waals surface area contributed by atoms with Gasteiger partial charge in [-0.15, -0.1) is 0 Å². The quantitative estimate of drug-likeness (QED) is 0.819. The lowest BCUT2D eigenvalue weighted by molar-refractivity contribution is -0.122. The number of hydrogen-bond acceptors (Lipinski definition) is 4. The highest BCUT2D eigenvalue weighted by Crippen LogP contribution is 2.33. The smallest absolute Gasteiger partial charge is 0.450 e. The maximum Gasteiger partial charge on any atom is 0.507 e. The Kier molecular flexibility index (Phi) is 3.94. The van der Waals surface area contributed by atoms with Crippen molar-refractivity contribution in [2.75, 3.05) is 4.90 Å². The Morgan fingerprint density at radius 3 is 2.65 bits per heavy atom. The molecule has 1 aromatic carbocycles. The highest BCUT2D eigenvalue weighted by Gasteiger charge is 2.38. The van der Waals surface area contributed by atoms with E-state index in [1.165, 1.54) is 4.90 Å². The molecule has 1 aromatic rings. The number of carbonyl (C=O) groups is 2. The lowest BCUT2D eigenvalue weighted by atomic mass is 10.0. The zero-order valence-electron chi connectivity index (χ0n) is 11.4. The molecule has 0 bridgehead atoms. The molecule has 0 saturated carbocycles. The summed E-state index contributed by atoms with van der Waals surface area (Å²) in [4.78, 5) is 24.6. The Balaban J connectivity index is 2.34. The van der Waals surface area contributed by atoms with Crippen molar-refractivity contribution < 1.29 is 19.4 Å². The summed E-state index contributed by atoms with van der Waals surface area (Å²) >= 11 is 0. The molecule has 108 valence electrons. The first-order valence-electron chi connectivity index (χ1n) is 6.48. The van der Waals surface area contributed by atoms with Gasteiger partial charge in [0.1, 0.15) is 0 Å². The molecule has 3 N–H and O–H groups in total. The lowest BCUT2D eigenvalue weighted by Gasteiger charge is -2.28. The third-order valence-corrected chi connectivity index (χ3v) is 3.41. The van der Waals surface area contributed by atoms with E-state index in [9.17, 15) is 9.59 Å². The minimum Gasteiger partial charge on any atom is -0.450 e. The number of amides is 1. The predicted octanol–water partition coefficient (Wildman–Crippen LogP) is 1.58. The number of anilines is 1. The number of fused-ring (bicyclic) bond motifs is 1. The van der Waals surface area contributed by atoms with E-state index in [1.54, 1.807) is 12.1 Å². The summed E-state index contributed by atoms with van der Waals surface area (Å²) in [5.41, 5.74) is 7.44. The molecule has 6 heteroatoms. The molecule has 0 radical (unpaired) electrons. The van der Waals surface area contributed by atoms with Crippen molar-refractivity contribution in [1.29, 1.82) is 0 Å². The highest BCUT2D eigenvalue weighted by molar-refractivity contribution is 5.99. The van der Waals surface area contributed by atoms with Crippen LogP contribution >= 0.6 is 0 Å². The predicted molar refractivity (Wildman–Crippen MR) is 73.3 cm³/mol. The molecule has 2 atom stereocenters. The van der Waals surface area contributed by atoms with E-state index in [4.69, 9.17) is 15.6 Å². The van der Waals surface area contributed by atoms with Gasteiger partial charge < -0.3 is 15.6 Å². The zero-order chi connectivity index (χ0) is 14.9. The van der Waals surface area contributed by atoms with Crippen LogP contribution in [0.1, 0.15) is 19.4 Å². The molecule has 0 aliphatic carbocycles. The summed E-state index contributed by atoms with van der Waals surface area (Å²) in [6.07, 6.45) is -1.90. The van der Waals surface area contributed by atoms with E-state index in [0.29, 0.717) is 12.1 Å². The molecule has 0 spiro atoms. The molecule has 1 amide bonds. The Morgan fingerprint density at radius 1 is 1.40 bits per heavy atom. The van der Waals surface area contributed by atoms with E-state index in [2.05, 4.69) is 0 Å². The van der Waals surface area contributed by atoms with E-state index in [1.807, 2.05) is 26.0 Å². The van der Waals surface area contributed by atoms with Gasteiger partial charge in [-0.05, 0) is 17.5 Å². The molecular weight excluding hydrogens is 260 g/mol. The first-order valence-corrected chi connectivity index (χ1v) is 6.48. The number of rotatable bonds is 3. The number of carbonyl (C=O) groups excluding carboxylic acids is 1. The average molecular weight is 278 g/mol. The second-order valence-corrected chi connectivity index (χ2v) is 5.15. The third-order valence-electron chi connectivity index (χ3n) is 3.41. The van der Waals surface area contributed by atoms with Gasteiger partial charge in [0.15, 0.2) is 6.23 Å². The summed E-state index contributed by atoms with van der Waals surface area (Å²) in [5, 5.41) is 8.81. The average Bonchev–Trinajstić information content (AvgIpc) is 2.73. The van der Waals surface area contributed by atoms with Crippen LogP contribution in [0.5, 0.6) is 0 Å². The summed E-state index contributed by atoms with van der Waals surface area (Å²) in [5.74, 6) is -0.364. The fourth-order valence-corrected chi connectivity index (χ4v) is 2.27. The van der Waals surface area contributed by atoms with Gasteiger partial charge in [-0.1, -0.05) is 32.0 Å². The molecule has 1 heterocycles. The van der Waals surface area contributed by atoms with E-state index in [-0.39, 0.29) is 11.8 Å². The number of carboxylic acid groups (broad SMARTS) is 1. The van der Waals surface area contributed by atoms with Crippen LogP contribution in [0, 0.1) is 5.92 Å². The molecule has 0 saturated heterocycles. The SMILES string of the molecule is CC(C)[C@H](N)C(=O)N1c2ccccc2C[C@@H]1OC(=O)O. The maximum absolute atomic E-state index is 12.5. The minimum atomic E-state index is -1.40. The van der Waals surface area contributed by atoms with Crippen molar-refractivity contribution in [2.45, 2.75) is 32.5 Å². The van der Waals surface area contributed by atoms with Gasteiger partial charge in [0, 0.05) is 6.42 Å². The fraction of sp³-hybridized carbons (Fsp3) is 0.429. The molecular formula is C14H18N2O4. The number of hydrogen-bond donors (Lipinski definition) is 2. The monoisotopic (exact) mass is 278 g/mol. The zero-order valence-corrected chi connectivity index (χ0v) is 11.4. The van der Waals surface area contributed by atoms with E-state index < -0.39 is 18.4 Å². The van der Waals surface area contributed by atoms with Crippen LogP contribution in [-0.2, 0) is 16.0 Å². The van der Waals surface area contributed by atoms with Crippen molar-refractivity contribution in [3.63, 3.8) is 0 Å². The fourth-order valence-electron chi connectivity index (χ4n) is 2.27. The molecule has 0 aromatic heterocycles. The van der Waals surface area contributed by atoms with Crippen molar-refractivity contribution in [3.05, 3.63) is 29.8 Å². The Hall–Kier alpha value is -2.08. The molecule has 0 unspecified atom stereocenters. The first-order chi connectivity index (χ1) is 9.41. The van der Waals surface area contributed by atoms with Crippen molar-refractivity contribution in [2.24, 2.45) is 11.7 Å². The van der Waals surface area contributed by atoms with Gasteiger partial charge in [-0.3, -0.25) is 9.69 Å². The largest absolute Gasteiger partial charge is 0.507 e. The van der Waals surface area contributed by atoms with Crippen LogP contribution in [0.4, 0.5) is 10.5 Å². The summed E-state index contributed by atoms with van der Waals surface area (Å²) in [6, 6.07) is 6.56. The van der Waals surface area contributed by atoms with Gasteiger partial charge in [-0.2, -0.15) is 0 Å². The topological polar surface area (TPSA) is 92.9 Å². The van der Waals surface area contributed by atoms with Gasteiger partial charge >= 0.3 is 6.16 Å². The Morgan fingerprint density at radius 2 is 2.05 bits per heavy atom. The summed E-state index contributed by atoms with van der Waals surface area (Å²) in [7, 11) is 0. The van der Waals surface area contributed by atoms with Crippen LogP contribution in [0.3, 0.4) is 0 Å². The maximum atomic E-state index is 12.5. The number of nitrogens with zero attached hydrogens (tertiary/aromatic N) is 1. The van der Waals surface area contributed by atoms with Crippen LogP contribution in [-0.4, -0.2) is 29.4 Å². The standard InChI is InChI=1S/C14H18N2O4/c1-8(2)12(15)13(17)16-10-6-4-3-5-9(10)7-11(16)20-14(18)19/h3-6,8,11-12H,7,15H2,1-2H3,(H,18,19)/t11-,12-/m0/s1. The Bertz CT molecular complexity index is 530. The van der Waals surface area contributed by atoms with Crippen molar-refractivity contribution >= 4 is 17.7 Å².